The Hall–Kier alpha value is -1.67. The van der Waals surface area contributed by atoms with Crippen LogP contribution < -0.4 is 0 Å². The molecule has 0 bridgehead atoms. The van der Waals surface area contributed by atoms with Gasteiger partial charge in [0.2, 0.25) is 0 Å². The molecule has 4 nitrogen and oxygen atoms in total. The maximum atomic E-state index is 8.85. The minimum Gasteiger partial charge on any atom is -0.325 e. The Labute approximate surface area is 108 Å². The molecule has 0 spiro atoms. The number of rotatable bonds is 3. The van der Waals surface area contributed by atoms with Gasteiger partial charge in [0.05, 0.1) is 23.7 Å². The molecule has 0 unspecified atom stereocenters. The third-order valence-electron chi connectivity index (χ3n) is 2.37. The maximum Gasteiger partial charge on any atom is 0.121 e. The van der Waals surface area contributed by atoms with Gasteiger partial charge in [0.1, 0.15) is 10.3 Å². The normalized spacial score (nSPS) is 10.2. The molecule has 0 aliphatic rings. The van der Waals surface area contributed by atoms with Crippen molar-refractivity contribution in [1.82, 2.24) is 14.5 Å². The summed E-state index contributed by atoms with van der Waals surface area (Å²) in [4.78, 5) is 8.56. The van der Waals surface area contributed by atoms with Gasteiger partial charge < -0.3 is 4.57 Å². The van der Waals surface area contributed by atoms with Crippen molar-refractivity contribution in [3.63, 3.8) is 0 Å². The summed E-state index contributed by atoms with van der Waals surface area (Å²) in [5.74, 6) is 0. The summed E-state index contributed by atoms with van der Waals surface area (Å²) in [5.41, 5.74) is 2.08. The molecule has 0 saturated carbocycles. The Morgan fingerprint density at radius 3 is 3.00 bits per heavy atom. The second-order valence-corrected chi connectivity index (χ2v) is 4.37. The first-order valence-corrected chi connectivity index (χ1v) is 6.12. The van der Waals surface area contributed by atoms with Crippen molar-refractivity contribution in [2.45, 2.75) is 19.9 Å². The van der Waals surface area contributed by atoms with E-state index in [4.69, 9.17) is 5.26 Å². The lowest BCUT2D eigenvalue weighted by Crippen LogP contribution is -1.94. The number of nitrogens with zero attached hydrogens (tertiary/aromatic N) is 4. The van der Waals surface area contributed by atoms with E-state index in [2.05, 4.69) is 38.9 Å². The molecule has 0 radical (unpaired) electrons. The molecule has 5 heteroatoms. The highest BCUT2D eigenvalue weighted by molar-refractivity contribution is 9.10. The zero-order valence-electron chi connectivity index (χ0n) is 9.39. The summed E-state index contributed by atoms with van der Waals surface area (Å²) >= 11 is 3.51. The van der Waals surface area contributed by atoms with Crippen molar-refractivity contribution in [3.05, 3.63) is 34.8 Å². The molecule has 0 saturated heterocycles. The zero-order chi connectivity index (χ0) is 12.3. The van der Waals surface area contributed by atoms with E-state index in [0.29, 0.717) is 11.3 Å². The summed E-state index contributed by atoms with van der Waals surface area (Å²) in [6.07, 6.45) is 4.45. The molecule has 0 aliphatic heterocycles. The van der Waals surface area contributed by atoms with Crippen molar-refractivity contribution in [2.75, 3.05) is 0 Å². The fourth-order valence-corrected chi connectivity index (χ4v) is 2.14. The average molecular weight is 291 g/mol. The lowest BCUT2D eigenvalue weighted by molar-refractivity contribution is 0.667. The molecular formula is C12H11BrN4. The van der Waals surface area contributed by atoms with Gasteiger partial charge in [0, 0.05) is 12.7 Å². The van der Waals surface area contributed by atoms with Gasteiger partial charge in [-0.3, -0.25) is 4.98 Å². The number of aromatic nitrogens is 3. The van der Waals surface area contributed by atoms with Crippen LogP contribution in [0.4, 0.5) is 0 Å². The Morgan fingerprint density at radius 2 is 2.29 bits per heavy atom. The van der Waals surface area contributed by atoms with Gasteiger partial charge in [0.15, 0.2) is 0 Å². The smallest absolute Gasteiger partial charge is 0.121 e. The van der Waals surface area contributed by atoms with Crippen molar-refractivity contribution < 1.29 is 0 Å². The van der Waals surface area contributed by atoms with Crippen molar-refractivity contribution in [1.29, 1.82) is 5.26 Å². The molecule has 0 amide bonds. The molecule has 0 fully saturated rings. The predicted molar refractivity (Wildman–Crippen MR) is 68.2 cm³/mol. The molecule has 2 aromatic heterocycles. The van der Waals surface area contributed by atoms with E-state index in [1.54, 1.807) is 24.7 Å². The summed E-state index contributed by atoms with van der Waals surface area (Å²) in [5, 5.41) is 8.85. The van der Waals surface area contributed by atoms with Crippen LogP contribution in [0.1, 0.15) is 18.9 Å². The highest BCUT2D eigenvalue weighted by Crippen LogP contribution is 2.25. The van der Waals surface area contributed by atoms with Crippen LogP contribution in [-0.2, 0) is 6.54 Å². The average Bonchev–Trinajstić information content (AvgIpc) is 2.72. The quantitative estimate of drug-likeness (QED) is 0.873. The third-order valence-corrected chi connectivity index (χ3v) is 3.20. The number of pyridine rings is 1. The number of nitriles is 1. The minimum atomic E-state index is 0.590. The zero-order valence-corrected chi connectivity index (χ0v) is 11.0. The van der Waals surface area contributed by atoms with Crippen LogP contribution in [0.5, 0.6) is 0 Å². The molecule has 86 valence electrons. The number of hydrogen-bond acceptors (Lipinski definition) is 3. The Morgan fingerprint density at radius 1 is 1.47 bits per heavy atom. The third kappa shape index (κ3) is 2.37. The molecule has 0 aromatic carbocycles. The first-order valence-electron chi connectivity index (χ1n) is 5.33. The van der Waals surface area contributed by atoms with Gasteiger partial charge in [-0.15, -0.1) is 0 Å². The summed E-state index contributed by atoms with van der Waals surface area (Å²) in [6.45, 7) is 3.02. The van der Waals surface area contributed by atoms with Gasteiger partial charge in [-0.2, -0.15) is 5.26 Å². The first-order chi connectivity index (χ1) is 8.26. The van der Waals surface area contributed by atoms with E-state index in [-0.39, 0.29) is 0 Å². The first kappa shape index (κ1) is 11.8. The van der Waals surface area contributed by atoms with E-state index in [0.717, 1.165) is 23.3 Å². The van der Waals surface area contributed by atoms with Crippen LogP contribution >= 0.6 is 15.9 Å². The SMILES string of the molecule is CCCn1cnc(-c2cc(C#N)ccn2)c1Br. The Bertz CT molecular complexity index is 568. The monoisotopic (exact) mass is 290 g/mol. The molecular weight excluding hydrogens is 280 g/mol. The maximum absolute atomic E-state index is 8.85. The Balaban J connectivity index is 2.43. The molecule has 17 heavy (non-hydrogen) atoms. The van der Waals surface area contributed by atoms with Crippen molar-refractivity contribution in [3.8, 4) is 17.5 Å². The molecule has 2 rings (SSSR count). The van der Waals surface area contributed by atoms with E-state index in [1.165, 1.54) is 0 Å². The van der Waals surface area contributed by atoms with Crippen LogP contribution in [0.2, 0.25) is 0 Å². The largest absolute Gasteiger partial charge is 0.325 e. The van der Waals surface area contributed by atoms with Gasteiger partial charge in [-0.05, 0) is 34.5 Å². The fourth-order valence-electron chi connectivity index (χ4n) is 1.57. The van der Waals surface area contributed by atoms with Crippen molar-refractivity contribution >= 4 is 15.9 Å². The van der Waals surface area contributed by atoms with Crippen LogP contribution in [0, 0.1) is 11.3 Å². The lowest BCUT2D eigenvalue weighted by atomic mass is 10.2. The van der Waals surface area contributed by atoms with Crippen LogP contribution in [0.3, 0.4) is 0 Å². The molecule has 0 aliphatic carbocycles. The fraction of sp³-hybridized carbons (Fsp3) is 0.250. The molecule has 2 aromatic rings. The van der Waals surface area contributed by atoms with E-state index in [9.17, 15) is 0 Å². The molecule has 0 N–H and O–H groups in total. The summed E-state index contributed by atoms with van der Waals surface area (Å²) < 4.78 is 2.93. The molecule has 0 atom stereocenters. The predicted octanol–water partition coefficient (Wildman–Crippen LogP) is 2.99. The highest BCUT2D eigenvalue weighted by atomic mass is 79.9. The number of hydrogen-bond donors (Lipinski definition) is 0. The summed E-state index contributed by atoms with van der Waals surface area (Å²) in [7, 11) is 0. The summed E-state index contributed by atoms with van der Waals surface area (Å²) in [6, 6.07) is 5.52. The number of aryl methyl sites for hydroxylation is 1. The number of imidazole rings is 1. The topological polar surface area (TPSA) is 54.5 Å². The molecule has 2 heterocycles. The van der Waals surface area contributed by atoms with E-state index < -0.39 is 0 Å². The Kier molecular flexibility index (Phi) is 3.55. The standard InChI is InChI=1S/C12H11BrN4/c1-2-5-17-8-16-11(12(17)13)10-6-9(7-14)3-4-15-10/h3-4,6,8H,2,5H2,1H3. The highest BCUT2D eigenvalue weighted by Gasteiger charge is 2.11. The number of halogens is 1. The van der Waals surface area contributed by atoms with E-state index >= 15 is 0 Å². The van der Waals surface area contributed by atoms with Crippen LogP contribution in [-0.4, -0.2) is 14.5 Å². The minimum absolute atomic E-state index is 0.590. The van der Waals surface area contributed by atoms with Crippen molar-refractivity contribution in [2.24, 2.45) is 0 Å². The second-order valence-electron chi connectivity index (χ2n) is 3.62. The van der Waals surface area contributed by atoms with Gasteiger partial charge in [-0.25, -0.2) is 4.98 Å². The van der Waals surface area contributed by atoms with Gasteiger partial charge in [0.25, 0.3) is 0 Å². The van der Waals surface area contributed by atoms with Gasteiger partial charge >= 0.3 is 0 Å². The van der Waals surface area contributed by atoms with Crippen LogP contribution in [0.25, 0.3) is 11.4 Å². The lowest BCUT2D eigenvalue weighted by Gasteiger charge is -2.02. The second kappa shape index (κ2) is 5.11. The van der Waals surface area contributed by atoms with Gasteiger partial charge in [-0.1, -0.05) is 6.92 Å². The van der Waals surface area contributed by atoms with E-state index in [1.807, 2.05) is 4.57 Å². The van der Waals surface area contributed by atoms with Crippen LogP contribution in [0.15, 0.2) is 29.3 Å².